The van der Waals surface area contributed by atoms with Crippen LogP contribution in [-0.4, -0.2) is 61.3 Å². The van der Waals surface area contributed by atoms with Gasteiger partial charge in [0.15, 0.2) is 5.96 Å². The summed E-state index contributed by atoms with van der Waals surface area (Å²) in [6, 6.07) is 36.0. The van der Waals surface area contributed by atoms with Crippen LogP contribution < -0.4 is 22.1 Å². The van der Waals surface area contributed by atoms with E-state index in [9.17, 15) is 22.8 Å². The molecule has 0 heterocycles. The van der Waals surface area contributed by atoms with Gasteiger partial charge in [-0.15, -0.1) is 0 Å². The van der Waals surface area contributed by atoms with E-state index in [1.165, 1.54) is 0 Å². The molecule has 0 aromatic heterocycles. The average molecular weight is 744 g/mol. The van der Waals surface area contributed by atoms with Crippen molar-refractivity contribution >= 4 is 51.0 Å². The third-order valence-corrected chi connectivity index (χ3v) is 8.65. The first-order valence-corrected chi connectivity index (χ1v) is 17.3. The summed E-state index contributed by atoms with van der Waals surface area (Å²) in [7, 11) is 1.63. The molecular weight excluding hydrogens is 699 g/mol. The van der Waals surface area contributed by atoms with Gasteiger partial charge in [0.05, 0.1) is 24.3 Å². The number of hydrogen-bond acceptors (Lipinski definition) is 5. The van der Waals surface area contributed by atoms with Gasteiger partial charge in [0, 0.05) is 25.5 Å². The number of ether oxygens (including phenoxy) is 1. The molecule has 284 valence electrons. The van der Waals surface area contributed by atoms with Crippen molar-refractivity contribution in [2.24, 2.45) is 16.5 Å². The lowest BCUT2D eigenvalue weighted by Gasteiger charge is -2.25. The third-order valence-electron chi connectivity index (χ3n) is 8.65. The van der Waals surface area contributed by atoms with Crippen molar-refractivity contribution in [2.75, 3.05) is 25.6 Å². The van der Waals surface area contributed by atoms with Crippen LogP contribution in [0.4, 0.5) is 18.9 Å². The van der Waals surface area contributed by atoms with E-state index < -0.39 is 18.1 Å². The van der Waals surface area contributed by atoms with Gasteiger partial charge in [-0.3, -0.25) is 14.6 Å². The molecule has 0 unspecified atom stereocenters. The van der Waals surface area contributed by atoms with E-state index >= 15 is 0 Å². The van der Waals surface area contributed by atoms with Gasteiger partial charge < -0.3 is 31.9 Å². The minimum absolute atomic E-state index is 0.0128. The number of rotatable bonds is 15. The van der Waals surface area contributed by atoms with E-state index in [0.717, 1.165) is 38.2 Å². The summed E-state index contributed by atoms with van der Waals surface area (Å²) in [6.07, 6.45) is -2.52. The van der Waals surface area contributed by atoms with Crippen molar-refractivity contribution in [3.8, 4) is 0 Å². The van der Waals surface area contributed by atoms with Crippen molar-refractivity contribution in [1.82, 2.24) is 5.32 Å². The van der Waals surface area contributed by atoms with E-state index in [-0.39, 0.29) is 23.8 Å². The molecule has 0 saturated carbocycles. The van der Waals surface area contributed by atoms with Crippen LogP contribution in [0.1, 0.15) is 41.9 Å². The molecule has 2 atom stereocenters. The number of guanidine groups is 1. The summed E-state index contributed by atoms with van der Waals surface area (Å²) < 4.78 is 37.2. The zero-order valence-electron chi connectivity index (χ0n) is 29.8. The van der Waals surface area contributed by atoms with Crippen molar-refractivity contribution < 1.29 is 37.4 Å². The maximum absolute atomic E-state index is 14.2. The number of methoxy groups -OCH3 is 1. The Morgan fingerprint density at radius 3 is 2.09 bits per heavy atom. The van der Waals surface area contributed by atoms with E-state index in [4.69, 9.17) is 26.1 Å². The molecular formula is C41H44F3N5O5. The van der Waals surface area contributed by atoms with E-state index in [1.54, 1.807) is 7.11 Å². The van der Waals surface area contributed by atoms with Crippen molar-refractivity contribution in [2.45, 2.75) is 50.2 Å². The largest absolute Gasteiger partial charge is 0.490 e. The number of fused-ring (bicyclic) bond motifs is 2. The van der Waals surface area contributed by atoms with Gasteiger partial charge >= 0.3 is 12.1 Å². The number of nitrogens with one attached hydrogen (secondary N) is 2. The van der Waals surface area contributed by atoms with E-state index in [1.807, 2.05) is 84.9 Å². The maximum atomic E-state index is 14.2. The summed E-state index contributed by atoms with van der Waals surface area (Å²) in [4.78, 5) is 40.9. The minimum Gasteiger partial charge on any atom is -0.475 e. The second kappa shape index (κ2) is 19.8. The van der Waals surface area contributed by atoms with Gasteiger partial charge in [0.2, 0.25) is 11.8 Å². The summed E-state index contributed by atoms with van der Waals surface area (Å²) in [5, 5.41) is 17.7. The number of alkyl halides is 3. The number of carboxylic acid groups (broad SMARTS) is 1. The lowest BCUT2D eigenvalue weighted by Crippen LogP contribution is -2.42. The molecule has 0 radical (unpaired) electrons. The number of halogens is 3. The van der Waals surface area contributed by atoms with Crippen LogP contribution in [0.15, 0.2) is 114 Å². The lowest BCUT2D eigenvalue weighted by molar-refractivity contribution is -0.192. The maximum Gasteiger partial charge on any atom is 0.490 e. The van der Waals surface area contributed by atoms with Crippen LogP contribution >= 0.6 is 0 Å². The highest BCUT2D eigenvalue weighted by Gasteiger charge is 2.38. The van der Waals surface area contributed by atoms with Gasteiger partial charge in [0.25, 0.3) is 0 Å². The molecule has 7 N–H and O–H groups in total. The first kappa shape index (κ1) is 40.8. The number of aliphatic carboxylic acids is 1. The highest BCUT2D eigenvalue weighted by Crippen LogP contribution is 2.35. The molecule has 0 saturated heterocycles. The van der Waals surface area contributed by atoms with Crippen molar-refractivity contribution in [1.29, 1.82) is 0 Å². The molecule has 2 amide bonds. The Kier molecular flexibility index (Phi) is 14.9. The number of carbonyl (C=O) groups is 3. The topological polar surface area (TPSA) is 169 Å². The zero-order valence-corrected chi connectivity index (χ0v) is 29.8. The van der Waals surface area contributed by atoms with Crippen LogP contribution in [0.2, 0.25) is 0 Å². The Balaban J connectivity index is 0.000000845. The predicted molar refractivity (Wildman–Crippen MR) is 205 cm³/mol. The number of benzene rings is 5. The number of nitrogens with zero attached hydrogens (tertiary/aromatic N) is 1. The predicted octanol–water partition coefficient (Wildman–Crippen LogP) is 6.71. The lowest BCUT2D eigenvalue weighted by atomic mass is 9.89. The van der Waals surface area contributed by atoms with Gasteiger partial charge in [-0.05, 0) is 58.5 Å². The number of aliphatic imine (C=N–C) groups is 1. The molecule has 0 aliphatic carbocycles. The Hall–Kier alpha value is -5.95. The smallest absolute Gasteiger partial charge is 0.475 e. The molecule has 5 aromatic rings. The number of anilines is 1. The molecule has 0 spiro atoms. The van der Waals surface area contributed by atoms with E-state index in [0.29, 0.717) is 50.9 Å². The monoisotopic (exact) mass is 743 g/mol. The van der Waals surface area contributed by atoms with E-state index in [2.05, 4.69) is 39.9 Å². The Bertz CT molecular complexity index is 2050. The highest BCUT2D eigenvalue weighted by molar-refractivity contribution is 6.05. The first-order valence-electron chi connectivity index (χ1n) is 17.3. The average Bonchev–Trinajstić information content (AvgIpc) is 3.14. The van der Waals surface area contributed by atoms with Gasteiger partial charge in [-0.2, -0.15) is 13.2 Å². The molecule has 10 nitrogen and oxygen atoms in total. The van der Waals surface area contributed by atoms with Gasteiger partial charge in [0.1, 0.15) is 0 Å². The van der Waals surface area contributed by atoms with Crippen molar-refractivity contribution in [3.05, 3.63) is 126 Å². The Morgan fingerprint density at radius 2 is 1.44 bits per heavy atom. The molecule has 5 aromatic carbocycles. The molecule has 0 aliphatic rings. The molecule has 13 heteroatoms. The Labute approximate surface area is 311 Å². The summed E-state index contributed by atoms with van der Waals surface area (Å²) >= 11 is 0. The number of carboxylic acids is 1. The zero-order chi connectivity index (χ0) is 39.1. The summed E-state index contributed by atoms with van der Waals surface area (Å²) in [5.41, 5.74) is 14.8. The van der Waals surface area contributed by atoms with Crippen LogP contribution in [-0.2, 0) is 32.0 Å². The molecule has 0 fully saturated rings. The molecule has 0 aliphatic heterocycles. The van der Waals surface area contributed by atoms with Gasteiger partial charge in [-0.25, -0.2) is 4.79 Å². The fourth-order valence-electron chi connectivity index (χ4n) is 6.16. The molecule has 5 rings (SSSR count). The number of nitrogens with two attached hydrogens (primary N) is 2. The standard InChI is InChI=1S/C39H43N5O3.C2HF3O2/c1-47-26-31(25-27-11-3-2-4-12-27)43-38(46)35(19-10-24-42-39(40)41)34-22-20-30-14-6-8-18-33(30)37(34)44-36(45)23-21-29-16-9-15-28-13-5-7-17-32(28)29;3-2(4,5)1(6)7/h2-9,11-18,20,22,31,35H,10,19,21,23-26H2,1H3,(H,43,46)(H,44,45)(H4,40,41,42);(H,6,7)/t31-,35+;/m0./s1. The number of hydrogen-bond donors (Lipinski definition) is 5. The summed E-state index contributed by atoms with van der Waals surface area (Å²) in [6.45, 7) is 0.745. The fourth-order valence-corrected chi connectivity index (χ4v) is 6.16. The highest BCUT2D eigenvalue weighted by atomic mass is 19.4. The van der Waals surface area contributed by atoms with Crippen LogP contribution in [0, 0.1) is 0 Å². The molecule has 0 bridgehead atoms. The second-order valence-electron chi connectivity index (χ2n) is 12.6. The van der Waals surface area contributed by atoms with Crippen molar-refractivity contribution in [3.63, 3.8) is 0 Å². The normalized spacial score (nSPS) is 12.2. The summed E-state index contributed by atoms with van der Waals surface area (Å²) in [5.74, 6) is -3.57. The third kappa shape index (κ3) is 12.1. The van der Waals surface area contributed by atoms with Gasteiger partial charge in [-0.1, -0.05) is 109 Å². The van der Waals surface area contributed by atoms with Crippen LogP contribution in [0.3, 0.4) is 0 Å². The quantitative estimate of drug-likeness (QED) is 0.0451. The minimum atomic E-state index is -5.08. The fraction of sp³-hybridized carbons (Fsp3) is 0.268. The van der Waals surface area contributed by atoms with Crippen LogP contribution in [0.25, 0.3) is 21.5 Å². The van der Waals surface area contributed by atoms with Crippen LogP contribution in [0.5, 0.6) is 0 Å². The molecule has 54 heavy (non-hydrogen) atoms. The number of aryl methyl sites for hydroxylation is 1. The second-order valence-corrected chi connectivity index (χ2v) is 12.6. The number of carbonyl (C=O) groups excluding carboxylic acids is 2. The Morgan fingerprint density at radius 1 is 0.833 bits per heavy atom. The SMILES string of the molecule is COC[C@H](Cc1ccccc1)NC(=O)[C@H](CCCN=C(N)N)c1ccc2ccccc2c1NC(=O)CCc1cccc2ccccc12.O=C(O)C(F)(F)F. The first-order chi connectivity index (χ1) is 25.9. The number of amides is 2.